The van der Waals surface area contributed by atoms with Crippen molar-refractivity contribution in [2.75, 3.05) is 0 Å². The van der Waals surface area contributed by atoms with Crippen LogP contribution in [0.15, 0.2) is 12.3 Å². The summed E-state index contributed by atoms with van der Waals surface area (Å²) in [6, 6.07) is 1.87. The van der Waals surface area contributed by atoms with Gasteiger partial charge in [-0.2, -0.15) is 0 Å². The molecule has 1 nitrogen and oxygen atoms in total. The highest BCUT2D eigenvalue weighted by Gasteiger charge is 2.13. The molecular weight excluding hydrogens is 170 g/mol. The van der Waals surface area contributed by atoms with Crippen LogP contribution >= 0.6 is 11.6 Å². The lowest BCUT2D eigenvalue weighted by Crippen LogP contribution is -1.86. The predicted octanol–water partition coefficient (Wildman–Crippen LogP) is 3.25. The second kappa shape index (κ2) is 4.46. The van der Waals surface area contributed by atoms with E-state index in [1.54, 1.807) is 6.20 Å². The molecule has 0 bridgehead atoms. The molecule has 0 fully saturated rings. The van der Waals surface area contributed by atoms with Crippen LogP contribution in [0.5, 0.6) is 0 Å². The van der Waals surface area contributed by atoms with Crippen LogP contribution in [0.4, 0.5) is 0 Å². The number of hydrogen-bond donors (Lipinski definition) is 0. The van der Waals surface area contributed by atoms with Crippen molar-refractivity contribution in [3.8, 4) is 0 Å². The largest absolute Gasteiger partial charge is 0.261 e. The molecule has 0 unspecified atom stereocenters. The minimum absolute atomic E-state index is 0.891. The van der Waals surface area contributed by atoms with Crippen molar-refractivity contribution in [1.29, 1.82) is 0 Å². The SMILES string of the molecule is CC.Clc1ccnc2c1CCC2. The zero-order valence-corrected chi connectivity index (χ0v) is 8.36. The Morgan fingerprint density at radius 3 is 2.75 bits per heavy atom. The minimum atomic E-state index is 0.891. The molecule has 66 valence electrons. The van der Waals surface area contributed by atoms with E-state index in [0.29, 0.717) is 0 Å². The number of aryl methyl sites for hydroxylation is 1. The van der Waals surface area contributed by atoms with Gasteiger partial charge in [-0.15, -0.1) is 0 Å². The highest BCUT2D eigenvalue weighted by molar-refractivity contribution is 6.31. The van der Waals surface area contributed by atoms with Crippen LogP contribution < -0.4 is 0 Å². The van der Waals surface area contributed by atoms with Crippen molar-refractivity contribution in [2.45, 2.75) is 33.1 Å². The summed E-state index contributed by atoms with van der Waals surface area (Å²) in [5, 5.41) is 0.891. The monoisotopic (exact) mass is 183 g/mol. The lowest BCUT2D eigenvalue weighted by atomic mass is 10.2. The third-order valence-electron chi connectivity index (χ3n) is 1.93. The Labute approximate surface area is 78.8 Å². The molecule has 1 aliphatic carbocycles. The number of nitrogens with zero attached hydrogens (tertiary/aromatic N) is 1. The molecule has 1 aliphatic rings. The quantitative estimate of drug-likeness (QED) is 0.602. The van der Waals surface area contributed by atoms with Crippen molar-refractivity contribution in [3.63, 3.8) is 0 Å². The van der Waals surface area contributed by atoms with Crippen LogP contribution in [0.1, 0.15) is 31.5 Å². The summed E-state index contributed by atoms with van der Waals surface area (Å²) in [6.07, 6.45) is 5.22. The van der Waals surface area contributed by atoms with Gasteiger partial charge < -0.3 is 0 Å². The topological polar surface area (TPSA) is 12.9 Å². The molecule has 0 atom stereocenters. The molecule has 0 aromatic carbocycles. The third-order valence-corrected chi connectivity index (χ3v) is 2.28. The number of pyridine rings is 1. The number of rotatable bonds is 0. The molecule has 0 N–H and O–H groups in total. The Hall–Kier alpha value is -0.560. The standard InChI is InChI=1S/C8H8ClN.C2H6/c9-7-4-5-10-8-3-1-2-6(7)8;1-2/h4-5H,1-3H2;1-2H3. The first kappa shape index (κ1) is 9.53. The van der Waals surface area contributed by atoms with Crippen LogP contribution in [0.3, 0.4) is 0 Å². The van der Waals surface area contributed by atoms with Gasteiger partial charge in [0.15, 0.2) is 0 Å². The first-order valence-corrected chi connectivity index (χ1v) is 4.88. The first-order chi connectivity index (χ1) is 5.88. The Bertz CT molecular complexity index is 258. The van der Waals surface area contributed by atoms with Crippen LogP contribution in [0.2, 0.25) is 5.02 Å². The minimum Gasteiger partial charge on any atom is -0.261 e. The van der Waals surface area contributed by atoms with E-state index >= 15 is 0 Å². The van der Waals surface area contributed by atoms with E-state index in [2.05, 4.69) is 4.98 Å². The van der Waals surface area contributed by atoms with Crippen molar-refractivity contribution >= 4 is 11.6 Å². The molecule has 1 aromatic rings. The summed E-state index contributed by atoms with van der Waals surface area (Å²) in [7, 11) is 0. The Kier molecular flexibility index (Phi) is 3.54. The summed E-state index contributed by atoms with van der Waals surface area (Å²) >= 11 is 5.93. The summed E-state index contributed by atoms with van der Waals surface area (Å²) in [5.74, 6) is 0. The van der Waals surface area contributed by atoms with Crippen molar-refractivity contribution in [3.05, 3.63) is 28.5 Å². The van der Waals surface area contributed by atoms with Gasteiger partial charge in [-0.1, -0.05) is 25.4 Å². The fourth-order valence-electron chi connectivity index (χ4n) is 1.42. The predicted molar refractivity (Wildman–Crippen MR) is 52.6 cm³/mol. The van der Waals surface area contributed by atoms with Crippen molar-refractivity contribution < 1.29 is 0 Å². The Balaban J connectivity index is 0.000000336. The smallest absolute Gasteiger partial charge is 0.0471 e. The zero-order valence-electron chi connectivity index (χ0n) is 7.60. The van der Waals surface area contributed by atoms with Gasteiger partial charge in [0.05, 0.1) is 0 Å². The molecule has 0 saturated heterocycles. The molecule has 12 heavy (non-hydrogen) atoms. The van der Waals surface area contributed by atoms with Gasteiger partial charge >= 0.3 is 0 Å². The van der Waals surface area contributed by atoms with Gasteiger partial charge in [-0.3, -0.25) is 4.98 Å². The molecule has 0 amide bonds. The lowest BCUT2D eigenvalue weighted by molar-refractivity contribution is 0.899. The molecule has 0 saturated carbocycles. The number of halogens is 1. The van der Waals surface area contributed by atoms with Gasteiger partial charge in [0.25, 0.3) is 0 Å². The zero-order chi connectivity index (χ0) is 8.97. The van der Waals surface area contributed by atoms with Gasteiger partial charge in [0.2, 0.25) is 0 Å². The Morgan fingerprint density at radius 1 is 1.33 bits per heavy atom. The average molecular weight is 184 g/mol. The van der Waals surface area contributed by atoms with Crippen LogP contribution in [-0.4, -0.2) is 4.98 Å². The average Bonchev–Trinajstić information content (AvgIpc) is 2.57. The normalized spacial score (nSPS) is 13.2. The molecule has 0 spiro atoms. The Morgan fingerprint density at radius 2 is 2.08 bits per heavy atom. The summed E-state index contributed by atoms with van der Waals surface area (Å²) in [4.78, 5) is 4.24. The van der Waals surface area contributed by atoms with Gasteiger partial charge in [-0.25, -0.2) is 0 Å². The molecule has 0 aliphatic heterocycles. The maximum Gasteiger partial charge on any atom is 0.0471 e. The highest BCUT2D eigenvalue weighted by Crippen LogP contribution is 2.26. The van der Waals surface area contributed by atoms with E-state index in [0.717, 1.165) is 17.9 Å². The van der Waals surface area contributed by atoms with Crippen molar-refractivity contribution in [2.24, 2.45) is 0 Å². The second-order valence-corrected chi connectivity index (χ2v) is 2.98. The fraction of sp³-hybridized carbons (Fsp3) is 0.500. The van der Waals surface area contributed by atoms with Crippen LogP contribution in [0.25, 0.3) is 0 Å². The third kappa shape index (κ3) is 1.78. The van der Waals surface area contributed by atoms with Gasteiger partial charge in [-0.05, 0) is 30.9 Å². The van der Waals surface area contributed by atoms with E-state index in [1.807, 2.05) is 19.9 Å². The second-order valence-electron chi connectivity index (χ2n) is 2.57. The van der Waals surface area contributed by atoms with E-state index in [9.17, 15) is 0 Å². The summed E-state index contributed by atoms with van der Waals surface area (Å²) in [6.45, 7) is 4.00. The summed E-state index contributed by atoms with van der Waals surface area (Å²) in [5.41, 5.74) is 2.47. The van der Waals surface area contributed by atoms with Gasteiger partial charge in [0.1, 0.15) is 0 Å². The van der Waals surface area contributed by atoms with Crippen LogP contribution in [0, 0.1) is 0 Å². The van der Waals surface area contributed by atoms with E-state index in [4.69, 9.17) is 11.6 Å². The van der Waals surface area contributed by atoms with Gasteiger partial charge in [0, 0.05) is 16.9 Å². The van der Waals surface area contributed by atoms with Crippen LogP contribution in [-0.2, 0) is 12.8 Å². The van der Waals surface area contributed by atoms with E-state index < -0.39 is 0 Å². The number of hydrogen-bond acceptors (Lipinski definition) is 1. The fourth-order valence-corrected chi connectivity index (χ4v) is 1.68. The molecule has 1 aromatic heterocycles. The molecule has 1 heterocycles. The first-order valence-electron chi connectivity index (χ1n) is 4.50. The summed E-state index contributed by atoms with van der Waals surface area (Å²) < 4.78 is 0. The highest BCUT2D eigenvalue weighted by atomic mass is 35.5. The number of fused-ring (bicyclic) bond motifs is 1. The van der Waals surface area contributed by atoms with E-state index in [1.165, 1.54) is 17.7 Å². The lowest BCUT2D eigenvalue weighted by Gasteiger charge is -1.97. The molecule has 2 rings (SSSR count). The maximum absolute atomic E-state index is 5.93. The number of aromatic nitrogens is 1. The van der Waals surface area contributed by atoms with Crippen molar-refractivity contribution in [1.82, 2.24) is 4.98 Å². The molecule has 0 radical (unpaired) electrons. The molecular formula is C10H14ClN. The molecule has 2 heteroatoms. The van der Waals surface area contributed by atoms with E-state index in [-0.39, 0.29) is 0 Å². The maximum atomic E-state index is 5.93.